The van der Waals surface area contributed by atoms with Crippen LogP contribution in [0.4, 0.5) is 0 Å². The number of nitrogens with zero attached hydrogens (tertiary/aromatic N) is 2. The summed E-state index contributed by atoms with van der Waals surface area (Å²) in [6.07, 6.45) is 2.95. The quantitative estimate of drug-likeness (QED) is 0.713. The number of carbonyl (C=O) groups excluding carboxylic acids is 1. The molecule has 0 N–H and O–H groups in total. The largest absolute Gasteiger partial charge is 0.342 e. The number of piperidine rings is 1. The summed E-state index contributed by atoms with van der Waals surface area (Å²) in [4.78, 5) is 13.2. The van der Waals surface area contributed by atoms with Crippen molar-refractivity contribution in [2.24, 2.45) is 0 Å². The first kappa shape index (κ1) is 13.0. The Morgan fingerprint density at radius 2 is 1.88 bits per heavy atom. The lowest BCUT2D eigenvalue weighted by Gasteiger charge is -2.26. The first-order valence-corrected chi connectivity index (χ1v) is 7.22. The van der Waals surface area contributed by atoms with E-state index in [-0.39, 0.29) is 18.1 Å². The second-order valence-electron chi connectivity index (χ2n) is 3.94. The molecule has 1 saturated heterocycles. The molecule has 1 aliphatic heterocycles. The Labute approximate surface area is 96.0 Å². The SMILES string of the molecule is N#CCCS(=O)(=O)CC(=O)N1CCCCC1. The van der Waals surface area contributed by atoms with Crippen molar-refractivity contribution in [3.8, 4) is 6.07 Å². The van der Waals surface area contributed by atoms with E-state index in [1.54, 1.807) is 11.0 Å². The van der Waals surface area contributed by atoms with Crippen LogP contribution in [0.2, 0.25) is 0 Å². The van der Waals surface area contributed by atoms with E-state index in [9.17, 15) is 13.2 Å². The average Bonchev–Trinajstić information content (AvgIpc) is 2.27. The van der Waals surface area contributed by atoms with Crippen LogP contribution in [0.25, 0.3) is 0 Å². The third-order valence-corrected chi connectivity index (χ3v) is 4.09. The van der Waals surface area contributed by atoms with Gasteiger partial charge in [0.15, 0.2) is 9.84 Å². The second-order valence-corrected chi connectivity index (χ2v) is 6.13. The van der Waals surface area contributed by atoms with Crippen LogP contribution in [0.5, 0.6) is 0 Å². The minimum absolute atomic E-state index is 0.0460. The van der Waals surface area contributed by atoms with Crippen molar-refractivity contribution in [3.05, 3.63) is 0 Å². The van der Waals surface area contributed by atoms with Crippen LogP contribution in [0, 0.1) is 11.3 Å². The van der Waals surface area contributed by atoms with Crippen molar-refractivity contribution in [2.45, 2.75) is 25.7 Å². The summed E-state index contributed by atoms with van der Waals surface area (Å²) in [7, 11) is -3.41. The van der Waals surface area contributed by atoms with Crippen molar-refractivity contribution in [1.82, 2.24) is 4.90 Å². The highest BCUT2D eigenvalue weighted by Crippen LogP contribution is 2.09. The lowest BCUT2D eigenvalue weighted by atomic mass is 10.1. The molecular formula is C10H16N2O3S. The third kappa shape index (κ3) is 4.19. The fourth-order valence-electron chi connectivity index (χ4n) is 1.70. The van der Waals surface area contributed by atoms with Crippen molar-refractivity contribution in [2.75, 3.05) is 24.6 Å². The summed E-state index contributed by atoms with van der Waals surface area (Å²) in [6.45, 7) is 1.32. The molecule has 1 heterocycles. The number of hydrogen-bond donors (Lipinski definition) is 0. The van der Waals surface area contributed by atoms with Crippen LogP contribution >= 0.6 is 0 Å². The predicted octanol–water partition coefficient (Wildman–Crippen LogP) is 0.327. The van der Waals surface area contributed by atoms with Crippen LogP contribution in [-0.2, 0) is 14.6 Å². The number of likely N-dealkylation sites (tertiary alicyclic amines) is 1. The Morgan fingerprint density at radius 3 is 2.44 bits per heavy atom. The molecule has 1 fully saturated rings. The van der Waals surface area contributed by atoms with E-state index >= 15 is 0 Å². The van der Waals surface area contributed by atoms with Crippen LogP contribution < -0.4 is 0 Å². The average molecular weight is 244 g/mol. The Kier molecular flexibility index (Phi) is 4.74. The van der Waals surface area contributed by atoms with Crippen molar-refractivity contribution >= 4 is 15.7 Å². The van der Waals surface area contributed by atoms with Gasteiger partial charge in [-0.25, -0.2) is 8.42 Å². The Bertz CT molecular complexity index is 377. The molecule has 16 heavy (non-hydrogen) atoms. The zero-order valence-electron chi connectivity index (χ0n) is 9.18. The molecule has 0 aromatic heterocycles. The monoisotopic (exact) mass is 244 g/mol. The topological polar surface area (TPSA) is 78.2 Å². The molecule has 0 saturated carbocycles. The minimum Gasteiger partial charge on any atom is -0.342 e. The summed E-state index contributed by atoms with van der Waals surface area (Å²) in [5.74, 6) is -0.991. The van der Waals surface area contributed by atoms with Crippen molar-refractivity contribution < 1.29 is 13.2 Å². The number of sulfone groups is 1. The molecule has 0 aromatic carbocycles. The molecule has 0 bridgehead atoms. The van der Waals surface area contributed by atoms with Gasteiger partial charge in [-0.15, -0.1) is 0 Å². The molecule has 6 heteroatoms. The fraction of sp³-hybridized carbons (Fsp3) is 0.800. The van der Waals surface area contributed by atoms with E-state index < -0.39 is 15.6 Å². The third-order valence-electron chi connectivity index (χ3n) is 2.58. The van der Waals surface area contributed by atoms with Crippen molar-refractivity contribution in [3.63, 3.8) is 0 Å². The highest BCUT2D eigenvalue weighted by atomic mass is 32.2. The van der Waals surface area contributed by atoms with E-state index in [0.717, 1.165) is 19.3 Å². The molecule has 1 aliphatic rings. The summed E-state index contributed by atoms with van der Waals surface area (Å²) in [5.41, 5.74) is 0. The van der Waals surface area contributed by atoms with Gasteiger partial charge in [0.25, 0.3) is 0 Å². The molecule has 1 amide bonds. The van der Waals surface area contributed by atoms with Gasteiger partial charge in [0.2, 0.25) is 5.91 Å². The Balaban J connectivity index is 2.46. The molecule has 0 unspecified atom stereocenters. The number of amides is 1. The van der Waals surface area contributed by atoms with Gasteiger partial charge in [0.05, 0.1) is 11.8 Å². The van der Waals surface area contributed by atoms with Gasteiger partial charge in [-0.1, -0.05) is 0 Å². The number of nitriles is 1. The van der Waals surface area contributed by atoms with E-state index in [1.807, 2.05) is 0 Å². The van der Waals surface area contributed by atoms with Gasteiger partial charge >= 0.3 is 0 Å². The normalized spacial score (nSPS) is 16.8. The molecule has 5 nitrogen and oxygen atoms in total. The van der Waals surface area contributed by atoms with E-state index in [2.05, 4.69) is 0 Å². The summed E-state index contributed by atoms with van der Waals surface area (Å²) in [6, 6.07) is 1.77. The fourth-order valence-corrected chi connectivity index (χ4v) is 2.80. The molecule has 0 spiro atoms. The van der Waals surface area contributed by atoms with Crippen LogP contribution in [0.1, 0.15) is 25.7 Å². The van der Waals surface area contributed by atoms with E-state index in [0.29, 0.717) is 13.1 Å². The molecule has 90 valence electrons. The maximum absolute atomic E-state index is 11.6. The lowest BCUT2D eigenvalue weighted by Crippen LogP contribution is -2.39. The van der Waals surface area contributed by atoms with Gasteiger partial charge in [0, 0.05) is 19.5 Å². The van der Waals surface area contributed by atoms with Gasteiger partial charge < -0.3 is 4.90 Å². The van der Waals surface area contributed by atoms with Crippen LogP contribution in [0.15, 0.2) is 0 Å². The molecule has 0 aliphatic carbocycles. The minimum atomic E-state index is -3.41. The molecule has 1 rings (SSSR count). The maximum Gasteiger partial charge on any atom is 0.237 e. The molecule has 0 atom stereocenters. The number of carbonyl (C=O) groups is 1. The zero-order chi connectivity index (χ0) is 12.0. The van der Waals surface area contributed by atoms with Gasteiger partial charge in [-0.3, -0.25) is 4.79 Å². The highest BCUT2D eigenvalue weighted by Gasteiger charge is 2.22. The summed E-state index contributed by atoms with van der Waals surface area (Å²) in [5, 5.41) is 8.30. The Morgan fingerprint density at radius 1 is 1.25 bits per heavy atom. The lowest BCUT2D eigenvalue weighted by molar-refractivity contribution is -0.129. The maximum atomic E-state index is 11.6. The number of rotatable bonds is 4. The van der Waals surface area contributed by atoms with Crippen LogP contribution in [-0.4, -0.2) is 43.8 Å². The standard InChI is InChI=1S/C10H16N2O3S/c11-5-4-8-16(14,15)9-10(13)12-6-2-1-3-7-12/h1-4,6-9H2. The molecular weight excluding hydrogens is 228 g/mol. The first-order chi connectivity index (χ1) is 7.55. The van der Waals surface area contributed by atoms with Crippen molar-refractivity contribution in [1.29, 1.82) is 5.26 Å². The van der Waals surface area contributed by atoms with E-state index in [4.69, 9.17) is 5.26 Å². The number of hydrogen-bond acceptors (Lipinski definition) is 4. The van der Waals surface area contributed by atoms with E-state index in [1.165, 1.54) is 0 Å². The molecule has 0 aromatic rings. The highest BCUT2D eigenvalue weighted by molar-refractivity contribution is 7.92. The Hall–Kier alpha value is -1.09. The smallest absolute Gasteiger partial charge is 0.237 e. The van der Waals surface area contributed by atoms with Gasteiger partial charge in [-0.2, -0.15) is 5.26 Å². The molecule has 0 radical (unpaired) electrons. The zero-order valence-corrected chi connectivity index (χ0v) is 10.0. The summed E-state index contributed by atoms with van der Waals surface area (Å²) >= 11 is 0. The van der Waals surface area contributed by atoms with Crippen LogP contribution in [0.3, 0.4) is 0 Å². The van der Waals surface area contributed by atoms with Gasteiger partial charge in [-0.05, 0) is 19.3 Å². The second kappa shape index (κ2) is 5.85. The first-order valence-electron chi connectivity index (χ1n) is 5.40. The predicted molar refractivity (Wildman–Crippen MR) is 59.3 cm³/mol. The van der Waals surface area contributed by atoms with Gasteiger partial charge in [0.1, 0.15) is 5.75 Å². The summed E-state index contributed by atoms with van der Waals surface area (Å²) < 4.78 is 22.9.